The number of aromatic nitrogens is 4. The summed E-state index contributed by atoms with van der Waals surface area (Å²) in [7, 11) is -3.68. The third-order valence-corrected chi connectivity index (χ3v) is 8.51. The molecule has 9 nitrogen and oxygen atoms in total. The number of fused-ring (bicyclic) bond motifs is 1. The van der Waals surface area contributed by atoms with Crippen molar-refractivity contribution in [3.05, 3.63) is 82.3 Å². The Morgan fingerprint density at radius 3 is 2.77 bits per heavy atom. The van der Waals surface area contributed by atoms with Crippen LogP contribution >= 0.6 is 15.9 Å². The number of halogens is 1. The second-order valence-corrected chi connectivity index (χ2v) is 11.1. The highest BCUT2D eigenvalue weighted by atomic mass is 79.9. The molecule has 1 saturated heterocycles. The van der Waals surface area contributed by atoms with Gasteiger partial charge in [-0.3, -0.25) is 4.98 Å². The number of piperidine rings is 1. The lowest BCUT2D eigenvalue weighted by atomic mass is 9.96. The van der Waals surface area contributed by atoms with Crippen LogP contribution in [0.4, 0.5) is 5.82 Å². The van der Waals surface area contributed by atoms with Crippen LogP contribution in [0.25, 0.3) is 5.65 Å². The summed E-state index contributed by atoms with van der Waals surface area (Å²) in [5, 5.41) is 16.9. The Bertz CT molecular complexity index is 1500. The van der Waals surface area contributed by atoms with E-state index in [4.69, 9.17) is 10.2 Å². The average molecular weight is 552 g/mol. The maximum atomic E-state index is 13.3. The fraction of sp³-hybridized carbons (Fsp3) is 0.250. The minimum Gasteiger partial charge on any atom is -0.366 e. The maximum Gasteiger partial charge on any atom is 0.243 e. The van der Waals surface area contributed by atoms with Crippen molar-refractivity contribution in [3.8, 4) is 6.07 Å². The Labute approximate surface area is 211 Å². The molecule has 0 saturated carbocycles. The SMILES string of the molecule is N#Cc1ccc(S(=O)(=O)N2CCCC(c3cc(NCc4cccnc4)n4ncc(Br)c4n3)C2)cc1. The smallest absolute Gasteiger partial charge is 0.243 e. The van der Waals surface area contributed by atoms with Gasteiger partial charge < -0.3 is 5.32 Å². The van der Waals surface area contributed by atoms with Crippen LogP contribution in [0.15, 0.2) is 70.4 Å². The Kier molecular flexibility index (Phi) is 6.51. The zero-order valence-corrected chi connectivity index (χ0v) is 21.1. The van der Waals surface area contributed by atoms with Crippen molar-refractivity contribution in [2.45, 2.75) is 30.2 Å². The third kappa shape index (κ3) is 4.77. The van der Waals surface area contributed by atoms with E-state index in [1.165, 1.54) is 28.6 Å². The molecule has 5 rings (SSSR count). The number of nitrogens with zero attached hydrogens (tertiary/aromatic N) is 6. The van der Waals surface area contributed by atoms with Gasteiger partial charge in [0.1, 0.15) is 5.82 Å². The Hall–Kier alpha value is -3.33. The van der Waals surface area contributed by atoms with E-state index in [1.54, 1.807) is 23.1 Å². The van der Waals surface area contributed by atoms with E-state index in [1.807, 2.05) is 24.3 Å². The summed E-state index contributed by atoms with van der Waals surface area (Å²) < 4.78 is 30.6. The quantitative estimate of drug-likeness (QED) is 0.385. The summed E-state index contributed by atoms with van der Waals surface area (Å²) >= 11 is 3.53. The van der Waals surface area contributed by atoms with Gasteiger partial charge in [0.05, 0.1) is 32.9 Å². The molecule has 11 heteroatoms. The molecule has 178 valence electrons. The first kappa shape index (κ1) is 23.4. The van der Waals surface area contributed by atoms with Crippen LogP contribution in [-0.2, 0) is 16.6 Å². The molecule has 0 radical (unpaired) electrons. The first-order valence-electron chi connectivity index (χ1n) is 11.1. The van der Waals surface area contributed by atoms with Gasteiger partial charge in [0.25, 0.3) is 0 Å². The normalized spacial score (nSPS) is 16.7. The largest absolute Gasteiger partial charge is 0.366 e. The first-order chi connectivity index (χ1) is 17.0. The van der Waals surface area contributed by atoms with E-state index in [0.717, 1.165) is 34.4 Å². The fourth-order valence-electron chi connectivity index (χ4n) is 4.24. The lowest BCUT2D eigenvalue weighted by Gasteiger charge is -2.32. The Balaban J connectivity index is 1.43. The van der Waals surface area contributed by atoms with E-state index in [9.17, 15) is 8.42 Å². The molecule has 0 spiro atoms. The minimum atomic E-state index is -3.68. The number of rotatable bonds is 6. The molecule has 0 amide bonds. The van der Waals surface area contributed by atoms with Crippen molar-refractivity contribution in [3.63, 3.8) is 0 Å². The standard InChI is InChI=1S/C24H22BrN7O2S/c25-21-15-29-32-23(28-14-18-3-1-9-27-13-18)11-22(30-24(21)32)19-4-2-10-31(16-19)35(33,34)20-7-5-17(12-26)6-8-20/h1,3,5-9,11,13,15,19,28H,2,4,10,14,16H2. The van der Waals surface area contributed by atoms with Crippen LogP contribution in [0.1, 0.15) is 35.6 Å². The molecule has 1 aliphatic rings. The molecule has 1 fully saturated rings. The summed E-state index contributed by atoms with van der Waals surface area (Å²) in [4.78, 5) is 9.18. The number of nitriles is 1. The Morgan fingerprint density at radius 1 is 1.20 bits per heavy atom. The summed E-state index contributed by atoms with van der Waals surface area (Å²) in [6.45, 7) is 1.34. The number of hydrogen-bond acceptors (Lipinski definition) is 7. The topological polar surface area (TPSA) is 116 Å². The van der Waals surface area contributed by atoms with Crippen LogP contribution in [-0.4, -0.2) is 45.4 Å². The predicted molar refractivity (Wildman–Crippen MR) is 134 cm³/mol. The van der Waals surface area contributed by atoms with Gasteiger partial charge in [0.15, 0.2) is 5.65 Å². The van der Waals surface area contributed by atoms with Crippen molar-refractivity contribution in [2.24, 2.45) is 0 Å². The average Bonchev–Trinajstić information content (AvgIpc) is 3.28. The highest BCUT2D eigenvalue weighted by molar-refractivity contribution is 9.10. The third-order valence-electron chi connectivity index (χ3n) is 6.07. The maximum absolute atomic E-state index is 13.3. The summed E-state index contributed by atoms with van der Waals surface area (Å²) in [6.07, 6.45) is 6.79. The number of benzene rings is 1. The van der Waals surface area contributed by atoms with Gasteiger partial charge in [0, 0.05) is 44.0 Å². The van der Waals surface area contributed by atoms with Gasteiger partial charge in [-0.05, 0) is 64.7 Å². The van der Waals surface area contributed by atoms with Crippen LogP contribution in [0, 0.1) is 11.3 Å². The second kappa shape index (κ2) is 9.73. The number of sulfonamides is 1. The van der Waals surface area contributed by atoms with E-state index >= 15 is 0 Å². The molecule has 3 aromatic heterocycles. The van der Waals surface area contributed by atoms with Crippen molar-refractivity contribution >= 4 is 37.4 Å². The summed E-state index contributed by atoms with van der Waals surface area (Å²) in [5.74, 6) is 0.703. The monoisotopic (exact) mass is 551 g/mol. The van der Waals surface area contributed by atoms with Gasteiger partial charge in [-0.2, -0.15) is 19.2 Å². The second-order valence-electron chi connectivity index (χ2n) is 8.35. The van der Waals surface area contributed by atoms with Crippen LogP contribution in [0.3, 0.4) is 0 Å². The van der Waals surface area contributed by atoms with Gasteiger partial charge in [-0.1, -0.05) is 6.07 Å². The molecule has 35 heavy (non-hydrogen) atoms. The van der Waals surface area contributed by atoms with E-state index in [2.05, 4.69) is 31.3 Å². The fourth-order valence-corrected chi connectivity index (χ4v) is 6.11. The predicted octanol–water partition coefficient (Wildman–Crippen LogP) is 3.94. The molecule has 4 aromatic rings. The molecule has 1 unspecified atom stereocenters. The van der Waals surface area contributed by atoms with Gasteiger partial charge in [-0.25, -0.2) is 13.4 Å². The first-order valence-corrected chi connectivity index (χ1v) is 13.4. The van der Waals surface area contributed by atoms with E-state index in [-0.39, 0.29) is 10.8 Å². The van der Waals surface area contributed by atoms with Crippen molar-refractivity contribution in [2.75, 3.05) is 18.4 Å². The summed E-state index contributed by atoms with van der Waals surface area (Å²) in [6, 6.07) is 13.9. The molecule has 0 aliphatic carbocycles. The van der Waals surface area contributed by atoms with E-state index in [0.29, 0.717) is 30.8 Å². The highest BCUT2D eigenvalue weighted by Gasteiger charge is 2.32. The highest BCUT2D eigenvalue weighted by Crippen LogP contribution is 2.32. The van der Waals surface area contributed by atoms with Gasteiger partial charge in [-0.15, -0.1) is 0 Å². The molecule has 4 heterocycles. The zero-order chi connectivity index (χ0) is 24.4. The molecule has 1 atom stereocenters. The van der Waals surface area contributed by atoms with E-state index < -0.39 is 10.0 Å². The molecule has 1 N–H and O–H groups in total. The molecular formula is C24H22BrN7O2S. The van der Waals surface area contributed by atoms with Crippen LogP contribution in [0.2, 0.25) is 0 Å². The van der Waals surface area contributed by atoms with Gasteiger partial charge in [0.2, 0.25) is 10.0 Å². The summed E-state index contributed by atoms with van der Waals surface area (Å²) in [5.41, 5.74) is 2.94. The number of pyridine rings is 1. The van der Waals surface area contributed by atoms with Crippen LogP contribution in [0.5, 0.6) is 0 Å². The van der Waals surface area contributed by atoms with Crippen molar-refractivity contribution in [1.29, 1.82) is 5.26 Å². The lowest BCUT2D eigenvalue weighted by Crippen LogP contribution is -2.39. The minimum absolute atomic E-state index is 0.0670. The number of nitrogens with one attached hydrogen (secondary N) is 1. The van der Waals surface area contributed by atoms with Crippen molar-refractivity contribution < 1.29 is 8.42 Å². The lowest BCUT2D eigenvalue weighted by molar-refractivity contribution is 0.313. The molecule has 1 aliphatic heterocycles. The number of hydrogen-bond donors (Lipinski definition) is 1. The molecule has 1 aromatic carbocycles. The Morgan fingerprint density at radius 2 is 2.03 bits per heavy atom. The van der Waals surface area contributed by atoms with Crippen LogP contribution < -0.4 is 5.32 Å². The van der Waals surface area contributed by atoms with Gasteiger partial charge >= 0.3 is 0 Å². The zero-order valence-electron chi connectivity index (χ0n) is 18.7. The van der Waals surface area contributed by atoms with Crippen molar-refractivity contribution in [1.82, 2.24) is 23.9 Å². The number of anilines is 1. The molecule has 0 bridgehead atoms. The molecular weight excluding hydrogens is 530 g/mol.